The van der Waals surface area contributed by atoms with Crippen LogP contribution >= 0.6 is 0 Å². The monoisotopic (exact) mass is 350 g/mol. The number of likely N-dealkylation sites (N-methyl/N-ethyl adjacent to an activating group) is 1. The van der Waals surface area contributed by atoms with Crippen molar-refractivity contribution in [1.29, 1.82) is 0 Å². The molecule has 1 N–H and O–H groups in total. The van der Waals surface area contributed by atoms with Crippen LogP contribution in [0.3, 0.4) is 0 Å². The summed E-state index contributed by atoms with van der Waals surface area (Å²) < 4.78 is 0.957. The fourth-order valence-electron chi connectivity index (χ4n) is 3.94. The highest BCUT2D eigenvalue weighted by atomic mass is 16.4. The summed E-state index contributed by atoms with van der Waals surface area (Å²) in [5.74, 6) is -0.696. The maximum atomic E-state index is 10.8. The van der Waals surface area contributed by atoms with Gasteiger partial charge in [0.15, 0.2) is 0 Å². The van der Waals surface area contributed by atoms with Crippen molar-refractivity contribution < 1.29 is 14.4 Å². The van der Waals surface area contributed by atoms with Crippen LogP contribution in [0.5, 0.6) is 0 Å². The van der Waals surface area contributed by atoms with E-state index in [4.69, 9.17) is 5.11 Å². The zero-order valence-corrected chi connectivity index (χ0v) is 15.5. The van der Waals surface area contributed by atoms with E-state index in [0.717, 1.165) is 36.8 Å². The molecular formula is C23H28NO2+. The summed E-state index contributed by atoms with van der Waals surface area (Å²) in [6, 6.07) is 21.7. The number of carboxylic acids is 1. The average molecular weight is 350 g/mol. The summed E-state index contributed by atoms with van der Waals surface area (Å²) in [5, 5.41) is 8.89. The van der Waals surface area contributed by atoms with Crippen molar-refractivity contribution in [2.24, 2.45) is 0 Å². The third-order valence-electron chi connectivity index (χ3n) is 5.47. The predicted molar refractivity (Wildman–Crippen MR) is 106 cm³/mol. The molecule has 3 rings (SSSR count). The van der Waals surface area contributed by atoms with E-state index < -0.39 is 5.97 Å². The largest absolute Gasteiger partial charge is 0.481 e. The molecule has 26 heavy (non-hydrogen) atoms. The molecule has 1 heterocycles. The van der Waals surface area contributed by atoms with Crippen LogP contribution in [0.1, 0.15) is 30.4 Å². The van der Waals surface area contributed by atoms with Crippen molar-refractivity contribution >= 4 is 11.5 Å². The summed E-state index contributed by atoms with van der Waals surface area (Å²) in [4.78, 5) is 10.8. The molecule has 3 nitrogen and oxygen atoms in total. The van der Waals surface area contributed by atoms with E-state index in [0.29, 0.717) is 6.04 Å². The topological polar surface area (TPSA) is 37.3 Å². The van der Waals surface area contributed by atoms with Crippen LogP contribution in [0.2, 0.25) is 0 Å². The van der Waals surface area contributed by atoms with Gasteiger partial charge in [0.2, 0.25) is 0 Å². The Bertz CT molecular complexity index is 754. The van der Waals surface area contributed by atoms with Gasteiger partial charge in [0.25, 0.3) is 0 Å². The first-order valence-electron chi connectivity index (χ1n) is 9.43. The zero-order valence-electron chi connectivity index (χ0n) is 15.5. The Balaban J connectivity index is 1.76. The zero-order chi connectivity index (χ0) is 18.4. The van der Waals surface area contributed by atoms with E-state index >= 15 is 0 Å². The number of benzene rings is 2. The molecule has 0 unspecified atom stereocenters. The van der Waals surface area contributed by atoms with Gasteiger partial charge in [-0.05, 0) is 30.0 Å². The maximum absolute atomic E-state index is 10.8. The summed E-state index contributed by atoms with van der Waals surface area (Å²) in [5.41, 5.74) is 4.07. The number of hydrogen-bond acceptors (Lipinski definition) is 1. The van der Waals surface area contributed by atoms with E-state index in [1.165, 1.54) is 16.7 Å². The maximum Gasteiger partial charge on any atom is 0.303 e. The van der Waals surface area contributed by atoms with Crippen LogP contribution in [-0.4, -0.2) is 41.7 Å². The number of rotatable bonds is 8. The highest BCUT2D eigenvalue weighted by molar-refractivity contribution is 5.68. The van der Waals surface area contributed by atoms with Gasteiger partial charge in [0, 0.05) is 18.4 Å². The third-order valence-corrected chi connectivity index (χ3v) is 5.47. The lowest BCUT2D eigenvalue weighted by Crippen LogP contribution is -2.50. The molecule has 0 aliphatic carbocycles. The second-order valence-electron chi connectivity index (χ2n) is 7.53. The summed E-state index contributed by atoms with van der Waals surface area (Å²) in [6.45, 7) is 2.02. The van der Waals surface area contributed by atoms with Crippen molar-refractivity contribution in [2.75, 3.05) is 20.1 Å². The van der Waals surface area contributed by atoms with Gasteiger partial charge < -0.3 is 9.59 Å². The second-order valence-corrected chi connectivity index (χ2v) is 7.53. The Morgan fingerprint density at radius 3 is 2.35 bits per heavy atom. The summed E-state index contributed by atoms with van der Waals surface area (Å²) in [6.07, 6.45) is 5.43. The minimum absolute atomic E-state index is 0.266. The standard InChI is InChI=1S/C23H27NO2/c1-24(15-9-8-14-23(25)26)18-21(20-12-6-3-7-13-20)17-22(24)16-19-10-4-2-5-11-19/h2-7,10-13,17,22H,8-9,14-16,18H2,1H3/p+1/t22-,24+/m1/s1. The Hall–Kier alpha value is -2.39. The highest BCUT2D eigenvalue weighted by Crippen LogP contribution is 2.32. The second kappa shape index (κ2) is 8.33. The lowest BCUT2D eigenvalue weighted by atomic mass is 10.0. The minimum atomic E-state index is -0.696. The van der Waals surface area contributed by atoms with E-state index in [1.54, 1.807) is 0 Å². The van der Waals surface area contributed by atoms with Crippen molar-refractivity contribution in [3.8, 4) is 0 Å². The molecule has 3 heteroatoms. The first-order chi connectivity index (χ1) is 12.6. The van der Waals surface area contributed by atoms with E-state index in [2.05, 4.69) is 73.8 Å². The van der Waals surface area contributed by atoms with Gasteiger partial charge in [-0.15, -0.1) is 0 Å². The van der Waals surface area contributed by atoms with Crippen LogP contribution < -0.4 is 0 Å². The van der Waals surface area contributed by atoms with Crippen LogP contribution in [0.15, 0.2) is 66.7 Å². The van der Waals surface area contributed by atoms with Crippen molar-refractivity contribution in [1.82, 2.24) is 0 Å². The molecule has 0 saturated carbocycles. The molecule has 2 aromatic rings. The van der Waals surface area contributed by atoms with Crippen molar-refractivity contribution in [3.05, 3.63) is 77.9 Å². The Labute approximate surface area is 156 Å². The summed E-state index contributed by atoms with van der Waals surface area (Å²) in [7, 11) is 2.32. The number of hydrogen-bond donors (Lipinski definition) is 1. The molecule has 0 bridgehead atoms. The molecule has 0 saturated heterocycles. The van der Waals surface area contributed by atoms with Crippen LogP contribution in [0.4, 0.5) is 0 Å². The number of aliphatic carboxylic acids is 1. The van der Waals surface area contributed by atoms with Gasteiger partial charge in [0.1, 0.15) is 12.6 Å². The molecule has 0 radical (unpaired) electrons. The quantitative estimate of drug-likeness (QED) is 0.566. The molecule has 1 aliphatic rings. The van der Waals surface area contributed by atoms with Crippen molar-refractivity contribution in [2.45, 2.75) is 31.7 Å². The lowest BCUT2D eigenvalue weighted by Gasteiger charge is -2.37. The minimum Gasteiger partial charge on any atom is -0.481 e. The van der Waals surface area contributed by atoms with E-state index in [9.17, 15) is 4.79 Å². The first-order valence-corrected chi connectivity index (χ1v) is 9.43. The molecule has 0 spiro atoms. The number of unbranched alkanes of at least 4 members (excludes halogenated alkanes) is 1. The Morgan fingerprint density at radius 2 is 1.69 bits per heavy atom. The number of carbonyl (C=O) groups is 1. The molecular weight excluding hydrogens is 322 g/mol. The van der Waals surface area contributed by atoms with Gasteiger partial charge in [-0.3, -0.25) is 4.79 Å². The number of carboxylic acid groups (broad SMARTS) is 1. The van der Waals surface area contributed by atoms with Gasteiger partial charge in [-0.25, -0.2) is 0 Å². The van der Waals surface area contributed by atoms with Gasteiger partial charge in [-0.1, -0.05) is 60.7 Å². The molecule has 2 aromatic carbocycles. The Morgan fingerprint density at radius 1 is 1.04 bits per heavy atom. The lowest BCUT2D eigenvalue weighted by molar-refractivity contribution is -0.915. The molecule has 2 atom stereocenters. The molecule has 0 amide bonds. The fraction of sp³-hybridized carbons (Fsp3) is 0.348. The fourth-order valence-corrected chi connectivity index (χ4v) is 3.94. The molecule has 1 aliphatic heterocycles. The molecule has 0 aromatic heterocycles. The number of quaternary nitrogens is 1. The molecule has 136 valence electrons. The first kappa shape index (κ1) is 18.4. The van der Waals surface area contributed by atoms with Crippen LogP contribution in [-0.2, 0) is 11.2 Å². The normalized spacial score (nSPS) is 22.2. The van der Waals surface area contributed by atoms with Crippen LogP contribution in [0.25, 0.3) is 5.57 Å². The predicted octanol–water partition coefficient (Wildman–Crippen LogP) is 4.40. The SMILES string of the molecule is C[N@+]1(CCCCC(=O)O)CC(c2ccccc2)=C[C@H]1Cc1ccccc1. The van der Waals surface area contributed by atoms with Gasteiger partial charge in [0.05, 0.1) is 13.6 Å². The van der Waals surface area contributed by atoms with Crippen LogP contribution in [0, 0.1) is 0 Å². The van der Waals surface area contributed by atoms with E-state index in [1.807, 2.05) is 0 Å². The smallest absolute Gasteiger partial charge is 0.303 e. The van der Waals surface area contributed by atoms with Gasteiger partial charge >= 0.3 is 5.97 Å². The summed E-state index contributed by atoms with van der Waals surface area (Å²) >= 11 is 0. The highest BCUT2D eigenvalue weighted by Gasteiger charge is 2.37. The molecule has 0 fully saturated rings. The van der Waals surface area contributed by atoms with E-state index in [-0.39, 0.29) is 6.42 Å². The van der Waals surface area contributed by atoms with Gasteiger partial charge in [-0.2, -0.15) is 0 Å². The average Bonchev–Trinajstić information content (AvgIpc) is 2.97. The Kier molecular flexibility index (Phi) is 5.89. The third kappa shape index (κ3) is 4.61. The number of nitrogens with zero attached hydrogens (tertiary/aromatic N) is 1. The van der Waals surface area contributed by atoms with Crippen molar-refractivity contribution in [3.63, 3.8) is 0 Å².